The molecule has 33 heavy (non-hydrogen) atoms. The molecule has 6 nitrogen and oxygen atoms in total. The summed E-state index contributed by atoms with van der Waals surface area (Å²) in [5.74, 6) is 0.602. The van der Waals surface area contributed by atoms with Gasteiger partial charge in [0.05, 0.1) is 12.0 Å². The van der Waals surface area contributed by atoms with Crippen molar-refractivity contribution < 1.29 is 17.9 Å². The number of methoxy groups -OCH3 is 1. The fourth-order valence-corrected chi connectivity index (χ4v) is 4.58. The molecule has 0 spiro atoms. The van der Waals surface area contributed by atoms with Gasteiger partial charge < -0.3 is 10.1 Å². The molecule has 0 unspecified atom stereocenters. The van der Waals surface area contributed by atoms with Gasteiger partial charge in [0.2, 0.25) is 10.0 Å². The van der Waals surface area contributed by atoms with E-state index in [9.17, 15) is 13.2 Å². The van der Waals surface area contributed by atoms with Crippen molar-refractivity contribution in [1.82, 2.24) is 4.31 Å². The number of benzene rings is 3. The Bertz CT molecular complexity index is 1220. The van der Waals surface area contributed by atoms with Crippen molar-refractivity contribution >= 4 is 33.2 Å². The number of carbonyl (C=O) groups excluding carboxylic acids is 1. The number of rotatable bonds is 8. The molecule has 0 saturated heterocycles. The normalized spacial score (nSPS) is 11.6. The van der Waals surface area contributed by atoms with Crippen LogP contribution in [0.1, 0.15) is 41.3 Å². The molecule has 0 aromatic heterocycles. The number of ether oxygens (including phenoxy) is 1. The predicted octanol–water partition coefficient (Wildman–Crippen LogP) is 5.55. The molecule has 8 heteroatoms. The van der Waals surface area contributed by atoms with E-state index in [0.717, 1.165) is 0 Å². The second-order valence-electron chi connectivity index (χ2n) is 7.97. The van der Waals surface area contributed by atoms with Crippen LogP contribution in [0.25, 0.3) is 0 Å². The average Bonchev–Trinajstić information content (AvgIpc) is 2.79. The second-order valence-corrected chi connectivity index (χ2v) is 10.5. The van der Waals surface area contributed by atoms with Crippen molar-refractivity contribution in [2.75, 3.05) is 19.5 Å². The van der Waals surface area contributed by atoms with Crippen LogP contribution in [0.3, 0.4) is 0 Å². The minimum Gasteiger partial charge on any atom is -0.496 e. The van der Waals surface area contributed by atoms with E-state index in [1.54, 1.807) is 18.2 Å². The first-order valence-corrected chi connectivity index (χ1v) is 12.2. The molecule has 0 aliphatic heterocycles. The molecule has 0 heterocycles. The van der Waals surface area contributed by atoms with Gasteiger partial charge in [0.25, 0.3) is 5.91 Å². The number of nitrogens with one attached hydrogen (secondary N) is 1. The summed E-state index contributed by atoms with van der Waals surface area (Å²) in [5.41, 5.74) is 2.84. The predicted molar refractivity (Wildman–Crippen MR) is 132 cm³/mol. The third-order valence-corrected chi connectivity index (χ3v) is 7.36. The maximum Gasteiger partial charge on any atom is 0.255 e. The highest BCUT2D eigenvalue weighted by molar-refractivity contribution is 7.89. The summed E-state index contributed by atoms with van der Waals surface area (Å²) in [5, 5.41) is 3.33. The molecule has 0 bridgehead atoms. The summed E-state index contributed by atoms with van der Waals surface area (Å²) in [6.07, 6.45) is 0. The van der Waals surface area contributed by atoms with E-state index in [2.05, 4.69) is 19.2 Å². The molecule has 3 aromatic carbocycles. The topological polar surface area (TPSA) is 75.7 Å². The molecule has 174 valence electrons. The van der Waals surface area contributed by atoms with Crippen LogP contribution in [0, 0.1) is 0 Å². The number of halogens is 1. The van der Waals surface area contributed by atoms with Gasteiger partial charge >= 0.3 is 0 Å². The third kappa shape index (κ3) is 5.93. The van der Waals surface area contributed by atoms with Crippen LogP contribution in [-0.4, -0.2) is 32.8 Å². The molecule has 3 aromatic rings. The summed E-state index contributed by atoms with van der Waals surface area (Å²) < 4.78 is 32.5. The van der Waals surface area contributed by atoms with Gasteiger partial charge in [0, 0.05) is 35.4 Å². The highest BCUT2D eigenvalue weighted by Crippen LogP contribution is 2.25. The SMILES string of the molecule is COc1ccc(C(=O)Nc2ccc(C(C)C)cc2)cc1CN(C)S(=O)(=O)c1ccc(Cl)cc1. The molecule has 0 aliphatic rings. The highest BCUT2D eigenvalue weighted by Gasteiger charge is 2.22. The summed E-state index contributed by atoms with van der Waals surface area (Å²) in [7, 11) is -0.772. The van der Waals surface area contributed by atoms with Gasteiger partial charge in [-0.25, -0.2) is 8.42 Å². The van der Waals surface area contributed by atoms with Gasteiger partial charge in [-0.05, 0) is 66.1 Å². The van der Waals surface area contributed by atoms with Crippen molar-refractivity contribution in [2.45, 2.75) is 31.2 Å². The number of nitrogens with zero attached hydrogens (tertiary/aromatic N) is 1. The van der Waals surface area contributed by atoms with Gasteiger partial charge in [-0.2, -0.15) is 4.31 Å². The lowest BCUT2D eigenvalue weighted by molar-refractivity contribution is 0.102. The largest absolute Gasteiger partial charge is 0.496 e. The van der Waals surface area contributed by atoms with E-state index in [1.807, 2.05) is 24.3 Å². The summed E-state index contributed by atoms with van der Waals surface area (Å²) >= 11 is 5.87. The van der Waals surface area contributed by atoms with E-state index in [1.165, 1.54) is 48.3 Å². The molecule has 0 fully saturated rings. The van der Waals surface area contributed by atoms with Crippen molar-refractivity contribution in [1.29, 1.82) is 0 Å². The molecular weight excluding hydrogens is 460 g/mol. The molecule has 0 aliphatic carbocycles. The number of hydrogen-bond donors (Lipinski definition) is 1. The zero-order valence-corrected chi connectivity index (χ0v) is 20.6. The monoisotopic (exact) mass is 486 g/mol. The Hall–Kier alpha value is -2.87. The molecule has 0 saturated carbocycles. The molecule has 1 amide bonds. The number of anilines is 1. The van der Waals surface area contributed by atoms with Crippen molar-refractivity contribution in [2.24, 2.45) is 0 Å². The number of carbonyl (C=O) groups is 1. The van der Waals surface area contributed by atoms with Gasteiger partial charge in [-0.1, -0.05) is 37.6 Å². The minimum absolute atomic E-state index is 0.0261. The van der Waals surface area contributed by atoms with Crippen LogP contribution in [0.15, 0.2) is 71.6 Å². The zero-order valence-electron chi connectivity index (χ0n) is 19.0. The third-order valence-electron chi connectivity index (χ3n) is 5.29. The summed E-state index contributed by atoms with van der Waals surface area (Å²) in [6, 6.07) is 18.6. The lowest BCUT2D eigenvalue weighted by Crippen LogP contribution is -2.27. The standard InChI is InChI=1S/C25H27ClN2O4S/c1-17(2)18-5-10-22(11-6-18)27-25(29)19-7-14-24(32-4)20(15-19)16-28(3)33(30,31)23-12-8-21(26)9-13-23/h5-15,17H,16H2,1-4H3,(H,27,29). The molecule has 0 atom stereocenters. The van der Waals surface area contributed by atoms with Gasteiger partial charge in [-0.3, -0.25) is 4.79 Å². The maximum absolute atomic E-state index is 12.9. The van der Waals surface area contributed by atoms with Crippen molar-refractivity contribution in [3.63, 3.8) is 0 Å². The second kappa shape index (κ2) is 10.4. The van der Waals surface area contributed by atoms with E-state index < -0.39 is 10.0 Å². The molecule has 0 radical (unpaired) electrons. The Balaban J connectivity index is 1.81. The highest BCUT2D eigenvalue weighted by atomic mass is 35.5. The van der Waals surface area contributed by atoms with Crippen LogP contribution < -0.4 is 10.1 Å². The Labute approximate surface area is 200 Å². The molecular formula is C25H27ClN2O4S. The summed E-state index contributed by atoms with van der Waals surface area (Å²) in [4.78, 5) is 13.0. The maximum atomic E-state index is 12.9. The van der Waals surface area contributed by atoms with Crippen LogP contribution >= 0.6 is 11.6 Å². The Morgan fingerprint density at radius 3 is 2.24 bits per heavy atom. The van der Waals surface area contributed by atoms with Crippen LogP contribution in [0.2, 0.25) is 5.02 Å². The van der Waals surface area contributed by atoms with Crippen LogP contribution in [0.4, 0.5) is 5.69 Å². The lowest BCUT2D eigenvalue weighted by atomic mass is 10.0. The fourth-order valence-electron chi connectivity index (χ4n) is 3.31. The first kappa shape index (κ1) is 24.8. The minimum atomic E-state index is -3.75. The van der Waals surface area contributed by atoms with Crippen LogP contribution in [0.5, 0.6) is 5.75 Å². The van der Waals surface area contributed by atoms with E-state index in [4.69, 9.17) is 16.3 Å². The van der Waals surface area contributed by atoms with Crippen LogP contribution in [-0.2, 0) is 16.6 Å². The first-order valence-electron chi connectivity index (χ1n) is 10.4. The summed E-state index contributed by atoms with van der Waals surface area (Å²) in [6.45, 7) is 4.24. The Kier molecular flexibility index (Phi) is 7.79. The molecule has 3 rings (SSSR count). The van der Waals surface area contributed by atoms with Gasteiger partial charge in [0.1, 0.15) is 5.75 Å². The first-order chi connectivity index (χ1) is 15.6. The molecule has 1 N–H and O–H groups in total. The smallest absolute Gasteiger partial charge is 0.255 e. The number of sulfonamides is 1. The van der Waals surface area contributed by atoms with E-state index in [-0.39, 0.29) is 17.3 Å². The number of amides is 1. The fraction of sp³-hybridized carbons (Fsp3) is 0.240. The quantitative estimate of drug-likeness (QED) is 0.453. The van der Waals surface area contributed by atoms with Gasteiger partial charge in [0.15, 0.2) is 0 Å². The van der Waals surface area contributed by atoms with Crippen molar-refractivity contribution in [3.05, 3.63) is 88.4 Å². The Morgan fingerprint density at radius 1 is 1.03 bits per heavy atom. The lowest BCUT2D eigenvalue weighted by Gasteiger charge is -2.19. The van der Waals surface area contributed by atoms with Gasteiger partial charge in [-0.15, -0.1) is 0 Å². The average molecular weight is 487 g/mol. The van der Waals surface area contributed by atoms with E-state index in [0.29, 0.717) is 33.5 Å². The number of hydrogen-bond acceptors (Lipinski definition) is 4. The zero-order chi connectivity index (χ0) is 24.2. The van der Waals surface area contributed by atoms with Crippen molar-refractivity contribution in [3.8, 4) is 5.75 Å². The Morgan fingerprint density at radius 2 is 1.67 bits per heavy atom. The van der Waals surface area contributed by atoms with E-state index >= 15 is 0 Å².